The maximum atomic E-state index is 8.70. The van der Waals surface area contributed by atoms with Crippen LogP contribution in [0.4, 0.5) is 0 Å². The van der Waals surface area contributed by atoms with Gasteiger partial charge in [0.05, 0.1) is 18.8 Å². The van der Waals surface area contributed by atoms with Crippen LogP contribution in [0.3, 0.4) is 0 Å². The van der Waals surface area contributed by atoms with Crippen LogP contribution in [0.2, 0.25) is 0 Å². The van der Waals surface area contributed by atoms with Gasteiger partial charge in [-0.05, 0) is 10.5 Å². The van der Waals surface area contributed by atoms with Crippen LogP contribution >= 0.6 is 22.6 Å². The number of hydrogen-bond acceptors (Lipinski definition) is 3. The Morgan fingerprint density at radius 1 is 1.73 bits per heavy atom. The van der Waals surface area contributed by atoms with Gasteiger partial charge < -0.3 is 15.6 Å². The second-order valence-electron chi connectivity index (χ2n) is 2.22. The first-order chi connectivity index (χ1) is 5.26. The molecule has 0 bridgehead atoms. The Kier molecular flexibility index (Phi) is 7.25. The number of halogens is 1. The van der Waals surface area contributed by atoms with E-state index in [4.69, 9.17) is 15.6 Å². The molecule has 0 amide bonds. The van der Waals surface area contributed by atoms with Crippen LogP contribution in [0.25, 0.3) is 0 Å². The molecule has 0 fully saturated rings. The number of aliphatic hydroxyl groups excluding tert-OH is 1. The van der Waals surface area contributed by atoms with Crippen LogP contribution in [0.1, 0.15) is 6.42 Å². The number of rotatable bonds is 5. The monoisotopic (exact) mass is 271 g/mol. The summed E-state index contributed by atoms with van der Waals surface area (Å²) in [7, 11) is 1.60. The average Bonchev–Trinajstić information content (AvgIpc) is 2.05. The van der Waals surface area contributed by atoms with Gasteiger partial charge in [0.15, 0.2) is 0 Å². The maximum Gasteiger partial charge on any atom is 0.0779 e. The van der Waals surface area contributed by atoms with Gasteiger partial charge in [-0.2, -0.15) is 0 Å². The Morgan fingerprint density at radius 2 is 2.36 bits per heavy atom. The third-order valence-corrected chi connectivity index (χ3v) is 1.96. The quantitative estimate of drug-likeness (QED) is 0.722. The highest BCUT2D eigenvalue weighted by Crippen LogP contribution is 2.03. The Bertz CT molecular complexity index is 119. The lowest BCUT2D eigenvalue weighted by Gasteiger charge is -2.18. The molecule has 0 aromatic rings. The first kappa shape index (κ1) is 11.4. The van der Waals surface area contributed by atoms with Crippen LogP contribution in [0.5, 0.6) is 0 Å². The zero-order valence-corrected chi connectivity index (χ0v) is 8.69. The van der Waals surface area contributed by atoms with Gasteiger partial charge in [-0.25, -0.2) is 0 Å². The number of ether oxygens (including phenoxy) is 1. The summed E-state index contributed by atoms with van der Waals surface area (Å²) >= 11 is 2.13. The molecule has 66 valence electrons. The molecule has 0 saturated heterocycles. The van der Waals surface area contributed by atoms with Gasteiger partial charge in [0.2, 0.25) is 0 Å². The molecule has 0 saturated carbocycles. The van der Waals surface area contributed by atoms with Crippen LogP contribution in [0.15, 0.2) is 10.2 Å². The summed E-state index contributed by atoms with van der Waals surface area (Å²) in [5.41, 5.74) is 5.56. The third-order valence-electron chi connectivity index (χ3n) is 1.45. The van der Waals surface area contributed by atoms with E-state index in [0.29, 0.717) is 0 Å². The van der Waals surface area contributed by atoms with E-state index in [1.165, 1.54) is 0 Å². The second-order valence-corrected chi connectivity index (χ2v) is 2.94. The molecule has 0 aliphatic rings. The van der Waals surface area contributed by atoms with E-state index in [-0.39, 0.29) is 18.8 Å². The highest BCUT2D eigenvalue weighted by atomic mass is 127. The number of hydrogen-bond donors (Lipinski definition) is 2. The summed E-state index contributed by atoms with van der Waals surface area (Å²) in [5.74, 6) is 0. The number of aliphatic hydroxyl groups is 1. The van der Waals surface area contributed by atoms with Crippen molar-refractivity contribution in [3.05, 3.63) is 10.2 Å². The molecule has 3 nitrogen and oxygen atoms in total. The van der Waals surface area contributed by atoms with Crippen LogP contribution in [0, 0.1) is 0 Å². The lowest BCUT2D eigenvalue weighted by Crippen LogP contribution is -2.38. The molecule has 2 atom stereocenters. The Hall–Kier alpha value is 0.350. The Morgan fingerprint density at radius 3 is 2.73 bits per heavy atom. The number of nitrogens with two attached hydrogens (primary N) is 1. The zero-order chi connectivity index (χ0) is 8.69. The maximum absolute atomic E-state index is 8.70. The molecule has 0 heterocycles. The standard InChI is InChI=1S/C7H14INO2/c1-11-7(3-2-4-8)6(9)5-10/h2,4,6-7,10H,3,5,9H2,1H3/b4-2+/t6-,7+/m1/s1. The van der Waals surface area contributed by atoms with Crippen molar-refractivity contribution >= 4 is 22.6 Å². The van der Waals surface area contributed by atoms with E-state index in [9.17, 15) is 0 Å². The molecule has 3 N–H and O–H groups in total. The molecule has 4 heteroatoms. The first-order valence-corrected chi connectivity index (χ1v) is 4.65. The second kappa shape index (κ2) is 7.02. The summed E-state index contributed by atoms with van der Waals surface area (Å²) in [6.45, 7) is -0.0341. The molecule has 0 aliphatic heterocycles. The van der Waals surface area contributed by atoms with Gasteiger partial charge in [0, 0.05) is 7.11 Å². The Labute approximate surface area is 80.7 Å². The van der Waals surface area contributed by atoms with Crippen molar-refractivity contribution in [1.29, 1.82) is 0 Å². The zero-order valence-electron chi connectivity index (χ0n) is 6.53. The van der Waals surface area contributed by atoms with Crippen molar-refractivity contribution in [2.45, 2.75) is 18.6 Å². The van der Waals surface area contributed by atoms with Crippen molar-refractivity contribution in [3.63, 3.8) is 0 Å². The fourth-order valence-corrected chi connectivity index (χ4v) is 1.04. The fraction of sp³-hybridized carbons (Fsp3) is 0.714. The molecule has 0 radical (unpaired) electrons. The van der Waals surface area contributed by atoms with Gasteiger partial charge in [0.1, 0.15) is 0 Å². The van der Waals surface area contributed by atoms with Gasteiger partial charge in [-0.1, -0.05) is 28.7 Å². The van der Waals surface area contributed by atoms with Crippen molar-refractivity contribution < 1.29 is 9.84 Å². The molecule has 0 aromatic carbocycles. The summed E-state index contributed by atoms with van der Waals surface area (Å²) in [6, 6.07) is -0.285. The van der Waals surface area contributed by atoms with E-state index >= 15 is 0 Å². The minimum atomic E-state index is -0.285. The van der Waals surface area contributed by atoms with E-state index in [0.717, 1.165) is 6.42 Å². The van der Waals surface area contributed by atoms with Gasteiger partial charge >= 0.3 is 0 Å². The molecular formula is C7H14INO2. The fourth-order valence-electron chi connectivity index (χ4n) is 0.749. The molecule has 0 aromatic heterocycles. The number of methoxy groups -OCH3 is 1. The van der Waals surface area contributed by atoms with Crippen LogP contribution in [-0.4, -0.2) is 31.0 Å². The van der Waals surface area contributed by atoms with Crippen molar-refractivity contribution in [2.75, 3.05) is 13.7 Å². The normalized spacial score (nSPS) is 17.1. The summed E-state index contributed by atoms with van der Waals surface area (Å²) < 4.78 is 6.98. The minimum absolute atomic E-state index is 0.0341. The van der Waals surface area contributed by atoms with Crippen molar-refractivity contribution in [1.82, 2.24) is 0 Å². The van der Waals surface area contributed by atoms with E-state index < -0.39 is 0 Å². The SMILES string of the molecule is CO[C@@H](C/C=C/I)[C@H](N)CO. The van der Waals surface area contributed by atoms with E-state index in [1.807, 2.05) is 10.2 Å². The molecule has 11 heavy (non-hydrogen) atoms. The molecule has 0 aliphatic carbocycles. The predicted octanol–water partition coefficient (Wildman–Crippen LogP) is 0.660. The first-order valence-electron chi connectivity index (χ1n) is 3.40. The van der Waals surface area contributed by atoms with Crippen molar-refractivity contribution in [3.8, 4) is 0 Å². The topological polar surface area (TPSA) is 55.5 Å². The van der Waals surface area contributed by atoms with E-state index in [1.54, 1.807) is 7.11 Å². The van der Waals surface area contributed by atoms with Gasteiger partial charge in [-0.3, -0.25) is 0 Å². The summed E-state index contributed by atoms with van der Waals surface area (Å²) in [5, 5.41) is 8.70. The lowest BCUT2D eigenvalue weighted by atomic mass is 10.1. The third kappa shape index (κ3) is 4.73. The van der Waals surface area contributed by atoms with E-state index in [2.05, 4.69) is 22.6 Å². The van der Waals surface area contributed by atoms with Crippen LogP contribution < -0.4 is 5.73 Å². The molecular weight excluding hydrogens is 257 g/mol. The predicted molar refractivity (Wildman–Crippen MR) is 53.6 cm³/mol. The lowest BCUT2D eigenvalue weighted by molar-refractivity contribution is 0.0618. The van der Waals surface area contributed by atoms with Crippen molar-refractivity contribution in [2.24, 2.45) is 5.73 Å². The van der Waals surface area contributed by atoms with Gasteiger partial charge in [-0.15, -0.1) is 0 Å². The molecule has 0 unspecified atom stereocenters. The molecule has 0 rings (SSSR count). The smallest absolute Gasteiger partial charge is 0.0779 e. The summed E-state index contributed by atoms with van der Waals surface area (Å²) in [6.07, 6.45) is 2.64. The van der Waals surface area contributed by atoms with Crippen LogP contribution in [-0.2, 0) is 4.74 Å². The highest BCUT2D eigenvalue weighted by Gasteiger charge is 2.13. The largest absolute Gasteiger partial charge is 0.395 e. The average molecular weight is 271 g/mol. The molecule has 0 spiro atoms. The highest BCUT2D eigenvalue weighted by molar-refractivity contribution is 14.1. The minimum Gasteiger partial charge on any atom is -0.395 e. The van der Waals surface area contributed by atoms with Gasteiger partial charge in [0.25, 0.3) is 0 Å². The summed E-state index contributed by atoms with van der Waals surface area (Å²) in [4.78, 5) is 0. The Balaban J connectivity index is 3.74.